The van der Waals surface area contributed by atoms with Gasteiger partial charge in [0.1, 0.15) is 17.3 Å². The molecule has 1 aromatic carbocycles. The van der Waals surface area contributed by atoms with Gasteiger partial charge in [0.05, 0.1) is 6.54 Å². The minimum absolute atomic E-state index is 0.0786. The Labute approximate surface area is 167 Å². The number of carbonyl (C=O) groups is 2. The Morgan fingerprint density at radius 1 is 1.10 bits per heavy atom. The molecule has 0 radical (unpaired) electrons. The average Bonchev–Trinajstić information content (AvgIpc) is 3.14. The van der Waals surface area contributed by atoms with Gasteiger partial charge < -0.3 is 9.88 Å². The van der Waals surface area contributed by atoms with E-state index >= 15 is 0 Å². The van der Waals surface area contributed by atoms with E-state index < -0.39 is 11.9 Å². The van der Waals surface area contributed by atoms with Gasteiger partial charge in [-0.05, 0) is 61.4 Å². The minimum atomic E-state index is -0.496. The molecule has 4 rings (SSSR count). The van der Waals surface area contributed by atoms with Gasteiger partial charge in [-0.15, -0.1) is 0 Å². The van der Waals surface area contributed by atoms with Gasteiger partial charge in [0.2, 0.25) is 0 Å². The normalized spacial score (nSPS) is 15.3. The predicted molar refractivity (Wildman–Crippen MR) is 106 cm³/mol. The molecule has 0 spiro atoms. The lowest BCUT2D eigenvalue weighted by Gasteiger charge is -2.11. The second-order valence-corrected chi connectivity index (χ2v) is 6.86. The Bertz CT molecular complexity index is 1120. The topological polar surface area (TPSA) is 67.2 Å². The van der Waals surface area contributed by atoms with Crippen LogP contribution in [0.5, 0.6) is 0 Å². The lowest BCUT2D eigenvalue weighted by Crippen LogP contribution is -2.30. The molecule has 0 saturated carbocycles. The second kappa shape index (κ2) is 7.35. The van der Waals surface area contributed by atoms with Crippen LogP contribution in [-0.2, 0) is 11.3 Å². The summed E-state index contributed by atoms with van der Waals surface area (Å²) in [5.41, 5.74) is 3.57. The molecule has 146 valence electrons. The summed E-state index contributed by atoms with van der Waals surface area (Å²) in [6, 6.07) is 12.8. The van der Waals surface area contributed by atoms with Crippen molar-refractivity contribution in [3.05, 3.63) is 88.8 Å². The molecule has 6 nitrogen and oxygen atoms in total. The van der Waals surface area contributed by atoms with Gasteiger partial charge in [-0.2, -0.15) is 0 Å². The van der Waals surface area contributed by atoms with Crippen LogP contribution in [0.1, 0.15) is 22.5 Å². The number of aryl methyl sites for hydroxylation is 1. The molecule has 1 fully saturated rings. The molecule has 0 bridgehead atoms. The molecule has 3 aromatic rings. The molecule has 1 aliphatic heterocycles. The van der Waals surface area contributed by atoms with E-state index in [-0.39, 0.29) is 18.1 Å². The molecule has 0 aliphatic carbocycles. The quantitative estimate of drug-likeness (QED) is 0.545. The lowest BCUT2D eigenvalue weighted by atomic mass is 10.2. The summed E-state index contributed by atoms with van der Waals surface area (Å²) >= 11 is 0. The van der Waals surface area contributed by atoms with Crippen LogP contribution < -0.4 is 5.32 Å². The van der Waals surface area contributed by atoms with Gasteiger partial charge in [-0.25, -0.2) is 14.2 Å². The van der Waals surface area contributed by atoms with Crippen LogP contribution in [0.25, 0.3) is 11.9 Å². The molecule has 1 N–H and O–H groups in total. The number of hydrogen-bond donors (Lipinski definition) is 1. The van der Waals surface area contributed by atoms with Crippen molar-refractivity contribution in [2.75, 3.05) is 0 Å². The first-order chi connectivity index (χ1) is 13.9. The Morgan fingerprint density at radius 3 is 2.55 bits per heavy atom. The first kappa shape index (κ1) is 18.6. The number of nitrogens with one attached hydrogen (secondary N) is 1. The Balaban J connectivity index is 1.62. The fourth-order valence-electron chi connectivity index (χ4n) is 3.42. The van der Waals surface area contributed by atoms with Gasteiger partial charge in [0.25, 0.3) is 5.91 Å². The van der Waals surface area contributed by atoms with Gasteiger partial charge in [0.15, 0.2) is 0 Å². The summed E-state index contributed by atoms with van der Waals surface area (Å²) in [6.07, 6.45) is 3.40. The number of nitrogens with zero attached hydrogens (tertiary/aromatic N) is 3. The van der Waals surface area contributed by atoms with Crippen LogP contribution in [0.15, 0.2) is 60.4 Å². The van der Waals surface area contributed by atoms with Crippen molar-refractivity contribution in [2.45, 2.75) is 20.4 Å². The van der Waals surface area contributed by atoms with Crippen molar-refractivity contribution < 1.29 is 14.0 Å². The third-order valence-electron chi connectivity index (χ3n) is 4.86. The zero-order chi connectivity index (χ0) is 20.5. The Kier molecular flexibility index (Phi) is 4.72. The Morgan fingerprint density at radius 2 is 1.86 bits per heavy atom. The second-order valence-electron chi connectivity index (χ2n) is 6.86. The van der Waals surface area contributed by atoms with Crippen molar-refractivity contribution in [3.8, 4) is 5.82 Å². The van der Waals surface area contributed by atoms with Gasteiger partial charge in [-0.3, -0.25) is 9.69 Å². The smallest absolute Gasteiger partial charge is 0.303 e. The fourth-order valence-corrected chi connectivity index (χ4v) is 3.42. The standard InChI is InChI=1S/C22H19FN4O2/c1-14-11-17(15(2)27(14)20-5-3-4-10-24-20)12-19-21(28)26(22(29)25-19)13-16-6-8-18(23)9-7-16/h3-12H,13H2,1-2H3,(H,25,29)/b19-12+. The third-order valence-corrected chi connectivity index (χ3v) is 4.86. The number of halogens is 1. The lowest BCUT2D eigenvalue weighted by molar-refractivity contribution is -0.123. The van der Waals surface area contributed by atoms with E-state index in [4.69, 9.17) is 0 Å². The maximum atomic E-state index is 13.1. The average molecular weight is 390 g/mol. The molecular formula is C22H19FN4O2. The molecule has 3 heterocycles. The summed E-state index contributed by atoms with van der Waals surface area (Å²) in [5, 5.41) is 2.63. The first-order valence-corrected chi connectivity index (χ1v) is 9.13. The van der Waals surface area contributed by atoms with Gasteiger partial charge in [0, 0.05) is 17.6 Å². The molecule has 3 amide bonds. The van der Waals surface area contributed by atoms with Crippen molar-refractivity contribution >= 4 is 18.0 Å². The number of carbonyl (C=O) groups excluding carboxylic acids is 2. The first-order valence-electron chi connectivity index (χ1n) is 9.13. The fraction of sp³-hybridized carbons (Fsp3) is 0.136. The number of urea groups is 1. The van der Waals surface area contributed by atoms with Gasteiger partial charge in [-0.1, -0.05) is 18.2 Å². The highest BCUT2D eigenvalue weighted by atomic mass is 19.1. The zero-order valence-corrected chi connectivity index (χ0v) is 16.0. The van der Waals surface area contributed by atoms with E-state index in [2.05, 4.69) is 10.3 Å². The molecule has 1 saturated heterocycles. The van der Waals surface area contributed by atoms with Gasteiger partial charge >= 0.3 is 6.03 Å². The number of benzene rings is 1. The maximum Gasteiger partial charge on any atom is 0.329 e. The van der Waals surface area contributed by atoms with Crippen LogP contribution >= 0.6 is 0 Å². The van der Waals surface area contributed by atoms with Crippen molar-refractivity contribution in [2.24, 2.45) is 0 Å². The van der Waals surface area contributed by atoms with Crippen LogP contribution in [0, 0.1) is 19.7 Å². The number of hydrogen-bond acceptors (Lipinski definition) is 3. The zero-order valence-electron chi connectivity index (χ0n) is 16.0. The van der Waals surface area contributed by atoms with E-state index in [1.54, 1.807) is 24.4 Å². The summed E-state index contributed by atoms with van der Waals surface area (Å²) in [7, 11) is 0. The van der Waals surface area contributed by atoms with E-state index in [1.165, 1.54) is 12.1 Å². The van der Waals surface area contributed by atoms with E-state index in [0.717, 1.165) is 27.7 Å². The van der Waals surface area contributed by atoms with Crippen molar-refractivity contribution in [1.29, 1.82) is 0 Å². The molecule has 7 heteroatoms. The summed E-state index contributed by atoms with van der Waals surface area (Å²) < 4.78 is 15.1. The number of rotatable bonds is 4. The SMILES string of the molecule is Cc1cc(/C=C2/NC(=O)N(Cc3ccc(F)cc3)C2=O)c(C)n1-c1ccccn1. The molecular weight excluding hydrogens is 371 g/mol. The Hall–Kier alpha value is -3.74. The summed E-state index contributed by atoms with van der Waals surface area (Å²) in [4.78, 5) is 30.5. The highest BCUT2D eigenvalue weighted by Crippen LogP contribution is 2.23. The molecule has 1 aliphatic rings. The number of pyridine rings is 1. The molecule has 29 heavy (non-hydrogen) atoms. The monoisotopic (exact) mass is 390 g/mol. The summed E-state index contributed by atoms with van der Waals surface area (Å²) in [5.74, 6) is 0.00336. The van der Waals surface area contributed by atoms with Crippen LogP contribution in [0.2, 0.25) is 0 Å². The number of amides is 3. The number of imide groups is 1. The largest absolute Gasteiger partial charge is 0.329 e. The molecule has 2 aromatic heterocycles. The van der Waals surface area contributed by atoms with Crippen LogP contribution in [0.4, 0.5) is 9.18 Å². The van der Waals surface area contributed by atoms with Crippen LogP contribution in [0.3, 0.4) is 0 Å². The third kappa shape index (κ3) is 3.54. The minimum Gasteiger partial charge on any atom is -0.303 e. The molecule has 0 unspecified atom stereocenters. The van der Waals surface area contributed by atoms with Crippen LogP contribution in [-0.4, -0.2) is 26.4 Å². The number of aromatic nitrogens is 2. The maximum absolute atomic E-state index is 13.1. The van der Waals surface area contributed by atoms with E-state index in [9.17, 15) is 14.0 Å². The highest BCUT2D eigenvalue weighted by molar-refractivity contribution is 6.13. The van der Waals surface area contributed by atoms with Crippen molar-refractivity contribution in [3.63, 3.8) is 0 Å². The summed E-state index contributed by atoms with van der Waals surface area (Å²) in [6.45, 7) is 3.97. The highest BCUT2D eigenvalue weighted by Gasteiger charge is 2.33. The predicted octanol–water partition coefficient (Wildman–Crippen LogP) is 3.72. The van der Waals surface area contributed by atoms with E-state index in [0.29, 0.717) is 5.56 Å². The molecule has 0 atom stereocenters. The van der Waals surface area contributed by atoms with E-state index in [1.807, 2.05) is 42.7 Å². The van der Waals surface area contributed by atoms with Crippen molar-refractivity contribution in [1.82, 2.24) is 19.8 Å².